The molecule has 160 valence electrons. The number of anilines is 1. The van der Waals surface area contributed by atoms with E-state index in [2.05, 4.69) is 5.32 Å². The van der Waals surface area contributed by atoms with Gasteiger partial charge in [-0.25, -0.2) is 0 Å². The first-order valence-corrected chi connectivity index (χ1v) is 10.5. The van der Waals surface area contributed by atoms with Crippen molar-refractivity contribution in [2.45, 2.75) is 20.1 Å². The summed E-state index contributed by atoms with van der Waals surface area (Å²) in [5.74, 6) is 0.891. The van der Waals surface area contributed by atoms with E-state index in [9.17, 15) is 4.79 Å². The van der Waals surface area contributed by atoms with Crippen molar-refractivity contribution < 1.29 is 14.3 Å². The SMILES string of the molecule is Cc1cccc(NC(=O)c2ccc(OCc3ccccc3)cc2OCc2ccccc2)c1. The zero-order valence-corrected chi connectivity index (χ0v) is 18.0. The third-order valence-electron chi connectivity index (χ3n) is 4.96. The van der Waals surface area contributed by atoms with Crippen LogP contribution in [0.15, 0.2) is 103 Å². The summed E-state index contributed by atoms with van der Waals surface area (Å²) in [6, 6.07) is 32.8. The summed E-state index contributed by atoms with van der Waals surface area (Å²) in [6.07, 6.45) is 0. The van der Waals surface area contributed by atoms with Crippen LogP contribution >= 0.6 is 0 Å². The Labute approximate surface area is 188 Å². The third-order valence-corrected chi connectivity index (χ3v) is 4.96. The highest BCUT2D eigenvalue weighted by Gasteiger charge is 2.15. The van der Waals surface area contributed by atoms with Crippen LogP contribution in [-0.2, 0) is 13.2 Å². The highest BCUT2D eigenvalue weighted by molar-refractivity contribution is 6.06. The fraction of sp³-hybridized carbons (Fsp3) is 0.107. The van der Waals surface area contributed by atoms with Gasteiger partial charge < -0.3 is 14.8 Å². The lowest BCUT2D eigenvalue weighted by molar-refractivity contribution is 0.102. The molecule has 0 unspecified atom stereocenters. The van der Waals surface area contributed by atoms with E-state index in [-0.39, 0.29) is 5.91 Å². The Hall–Kier alpha value is -4.05. The van der Waals surface area contributed by atoms with Gasteiger partial charge in [-0.15, -0.1) is 0 Å². The Balaban J connectivity index is 1.54. The van der Waals surface area contributed by atoms with Gasteiger partial charge in [-0.1, -0.05) is 72.8 Å². The monoisotopic (exact) mass is 423 g/mol. The van der Waals surface area contributed by atoms with Crippen LogP contribution in [0.2, 0.25) is 0 Å². The minimum atomic E-state index is -0.228. The quantitative estimate of drug-likeness (QED) is 0.356. The van der Waals surface area contributed by atoms with Gasteiger partial charge in [0.05, 0.1) is 5.56 Å². The van der Waals surface area contributed by atoms with E-state index < -0.39 is 0 Å². The highest BCUT2D eigenvalue weighted by Crippen LogP contribution is 2.27. The molecular formula is C28H25NO3. The molecule has 0 aliphatic carbocycles. The molecule has 4 aromatic carbocycles. The standard InChI is InChI=1S/C28H25NO3/c1-21-9-8-14-24(17-21)29-28(30)26-16-15-25(31-19-22-10-4-2-5-11-22)18-27(26)32-20-23-12-6-3-7-13-23/h2-18H,19-20H2,1H3,(H,29,30). The van der Waals surface area contributed by atoms with Crippen LogP contribution in [0.3, 0.4) is 0 Å². The molecule has 0 bridgehead atoms. The second kappa shape index (κ2) is 10.3. The average Bonchev–Trinajstić information content (AvgIpc) is 2.83. The first-order valence-electron chi connectivity index (χ1n) is 10.5. The van der Waals surface area contributed by atoms with Crippen LogP contribution < -0.4 is 14.8 Å². The minimum absolute atomic E-state index is 0.228. The highest BCUT2D eigenvalue weighted by atomic mass is 16.5. The number of nitrogens with one attached hydrogen (secondary N) is 1. The number of hydrogen-bond acceptors (Lipinski definition) is 3. The summed E-state index contributed by atoms with van der Waals surface area (Å²) >= 11 is 0. The van der Waals surface area contributed by atoms with Crippen molar-refractivity contribution in [3.63, 3.8) is 0 Å². The van der Waals surface area contributed by atoms with Crippen molar-refractivity contribution in [2.24, 2.45) is 0 Å². The molecule has 0 heterocycles. The Morgan fingerprint density at radius 3 is 2.03 bits per heavy atom. The molecule has 4 nitrogen and oxygen atoms in total. The number of aryl methyl sites for hydroxylation is 1. The fourth-order valence-corrected chi connectivity index (χ4v) is 3.30. The molecule has 1 amide bonds. The number of carbonyl (C=O) groups excluding carboxylic acids is 1. The number of carbonyl (C=O) groups is 1. The van der Waals surface area contributed by atoms with Gasteiger partial charge in [0.25, 0.3) is 5.91 Å². The topological polar surface area (TPSA) is 47.6 Å². The maximum Gasteiger partial charge on any atom is 0.259 e. The molecular weight excluding hydrogens is 398 g/mol. The molecule has 0 radical (unpaired) electrons. The Morgan fingerprint density at radius 2 is 1.38 bits per heavy atom. The summed E-state index contributed by atoms with van der Waals surface area (Å²) in [7, 11) is 0. The van der Waals surface area contributed by atoms with Crippen LogP contribution in [0.5, 0.6) is 11.5 Å². The molecule has 4 rings (SSSR count). The van der Waals surface area contributed by atoms with Gasteiger partial charge in [-0.3, -0.25) is 4.79 Å². The zero-order valence-electron chi connectivity index (χ0n) is 18.0. The van der Waals surface area contributed by atoms with Crippen LogP contribution in [0, 0.1) is 6.92 Å². The average molecular weight is 424 g/mol. The molecule has 0 saturated carbocycles. The Bertz CT molecular complexity index is 1170. The van der Waals surface area contributed by atoms with Crippen molar-refractivity contribution in [2.75, 3.05) is 5.32 Å². The number of benzene rings is 4. The number of rotatable bonds is 8. The molecule has 4 heteroatoms. The van der Waals surface area contributed by atoms with E-state index in [0.717, 1.165) is 22.4 Å². The minimum Gasteiger partial charge on any atom is -0.489 e. The molecule has 0 atom stereocenters. The van der Waals surface area contributed by atoms with Crippen LogP contribution in [-0.4, -0.2) is 5.91 Å². The van der Waals surface area contributed by atoms with E-state index in [1.165, 1.54) is 0 Å². The molecule has 4 aromatic rings. The second-order valence-corrected chi connectivity index (χ2v) is 7.53. The van der Waals surface area contributed by atoms with Gasteiger partial charge >= 0.3 is 0 Å². The van der Waals surface area contributed by atoms with Crippen LogP contribution in [0.4, 0.5) is 5.69 Å². The molecule has 0 aliphatic rings. The summed E-state index contributed by atoms with van der Waals surface area (Å²) in [5.41, 5.74) is 4.37. The second-order valence-electron chi connectivity index (χ2n) is 7.53. The van der Waals surface area contributed by atoms with Crippen LogP contribution in [0.25, 0.3) is 0 Å². The predicted molar refractivity (Wildman–Crippen MR) is 127 cm³/mol. The van der Waals surface area contributed by atoms with Crippen molar-refractivity contribution in [1.82, 2.24) is 0 Å². The first kappa shape index (κ1) is 21.2. The molecule has 0 aromatic heterocycles. The Morgan fingerprint density at radius 1 is 0.719 bits per heavy atom. The first-order chi connectivity index (χ1) is 15.7. The van der Waals surface area contributed by atoms with E-state index >= 15 is 0 Å². The van der Waals surface area contributed by atoms with Gasteiger partial charge in [0.1, 0.15) is 24.7 Å². The molecule has 0 fully saturated rings. The molecule has 0 spiro atoms. The number of ether oxygens (including phenoxy) is 2. The maximum absolute atomic E-state index is 13.0. The van der Waals surface area contributed by atoms with Crippen molar-refractivity contribution >= 4 is 11.6 Å². The predicted octanol–water partition coefficient (Wildman–Crippen LogP) is 6.41. The van der Waals surface area contributed by atoms with Crippen LogP contribution in [0.1, 0.15) is 27.0 Å². The lowest BCUT2D eigenvalue weighted by Crippen LogP contribution is -2.14. The molecule has 0 saturated heterocycles. The van der Waals surface area contributed by atoms with E-state index in [0.29, 0.717) is 30.3 Å². The number of amides is 1. The van der Waals surface area contributed by atoms with Gasteiger partial charge in [-0.2, -0.15) is 0 Å². The summed E-state index contributed by atoms with van der Waals surface area (Å²) < 4.78 is 12.0. The van der Waals surface area contributed by atoms with Crippen molar-refractivity contribution in [3.8, 4) is 11.5 Å². The van der Waals surface area contributed by atoms with Gasteiger partial charge in [0, 0.05) is 11.8 Å². The lowest BCUT2D eigenvalue weighted by atomic mass is 10.1. The fourth-order valence-electron chi connectivity index (χ4n) is 3.30. The van der Waals surface area contributed by atoms with Gasteiger partial charge in [0.2, 0.25) is 0 Å². The smallest absolute Gasteiger partial charge is 0.259 e. The van der Waals surface area contributed by atoms with E-state index in [1.54, 1.807) is 18.2 Å². The summed E-state index contributed by atoms with van der Waals surface area (Å²) in [6.45, 7) is 2.78. The molecule has 0 aliphatic heterocycles. The molecule has 32 heavy (non-hydrogen) atoms. The van der Waals surface area contributed by atoms with Gasteiger partial charge in [0.15, 0.2) is 0 Å². The summed E-state index contributed by atoms with van der Waals surface area (Å²) in [5, 5.41) is 2.96. The Kier molecular flexibility index (Phi) is 6.83. The van der Waals surface area contributed by atoms with Crippen molar-refractivity contribution in [3.05, 3.63) is 125 Å². The largest absolute Gasteiger partial charge is 0.489 e. The van der Waals surface area contributed by atoms with Gasteiger partial charge in [-0.05, 0) is 47.9 Å². The number of hydrogen-bond donors (Lipinski definition) is 1. The summed E-state index contributed by atoms with van der Waals surface area (Å²) in [4.78, 5) is 13.0. The molecule has 1 N–H and O–H groups in total. The van der Waals surface area contributed by atoms with Crippen molar-refractivity contribution in [1.29, 1.82) is 0 Å². The normalized spacial score (nSPS) is 10.4. The maximum atomic E-state index is 13.0. The van der Waals surface area contributed by atoms with E-state index in [4.69, 9.17) is 9.47 Å². The van der Waals surface area contributed by atoms with E-state index in [1.807, 2.05) is 91.9 Å². The zero-order chi connectivity index (χ0) is 22.2. The third kappa shape index (κ3) is 5.76. The lowest BCUT2D eigenvalue weighted by Gasteiger charge is -2.14.